The number of hydrogen-bond acceptors (Lipinski definition) is 2. The number of anilines is 1. The molecule has 0 atom stereocenters. The molecule has 3 nitrogen and oxygen atoms in total. The Kier molecular flexibility index (Phi) is 7.49. The molecule has 0 aromatic heterocycles. The molecule has 4 heteroatoms. The molecule has 0 saturated carbocycles. The lowest BCUT2D eigenvalue weighted by atomic mass is 9.90. The van der Waals surface area contributed by atoms with Crippen LogP contribution in [0.1, 0.15) is 28.2 Å². The van der Waals surface area contributed by atoms with Crippen LogP contribution in [0.15, 0.2) is 114 Å². The molecule has 160 valence electrons. The monoisotopic (exact) mass is 484 g/mol. The molecule has 0 aliphatic rings. The van der Waals surface area contributed by atoms with Gasteiger partial charge in [-0.05, 0) is 40.5 Å². The summed E-state index contributed by atoms with van der Waals surface area (Å²) in [4.78, 5) is 13.2. The molecule has 0 saturated heterocycles. The second-order valence-corrected chi connectivity index (χ2v) is 8.49. The van der Waals surface area contributed by atoms with Crippen molar-refractivity contribution >= 4 is 27.5 Å². The van der Waals surface area contributed by atoms with Crippen LogP contribution in [-0.2, 0) is 17.9 Å². The van der Waals surface area contributed by atoms with E-state index in [2.05, 4.69) is 32.6 Å². The summed E-state index contributed by atoms with van der Waals surface area (Å²) in [5.74, 6) is -0.398. The Morgan fingerprint density at radius 2 is 1.25 bits per heavy atom. The Hall–Kier alpha value is -3.21. The molecule has 0 heterocycles. The highest BCUT2D eigenvalue weighted by Crippen LogP contribution is 2.26. The van der Waals surface area contributed by atoms with Crippen LogP contribution in [0.2, 0.25) is 0 Å². The molecule has 0 unspecified atom stereocenters. The Morgan fingerprint density at radius 1 is 0.688 bits per heavy atom. The largest absolute Gasteiger partial charge is 0.325 e. The maximum Gasteiger partial charge on any atom is 0.236 e. The smallest absolute Gasteiger partial charge is 0.236 e. The Morgan fingerprint density at radius 3 is 1.84 bits per heavy atom. The first-order valence-electron chi connectivity index (χ1n) is 10.6. The van der Waals surface area contributed by atoms with Crippen LogP contribution in [0.25, 0.3) is 0 Å². The van der Waals surface area contributed by atoms with Crippen molar-refractivity contribution in [1.29, 1.82) is 0 Å². The third kappa shape index (κ3) is 5.72. The summed E-state index contributed by atoms with van der Waals surface area (Å²) in [5, 5.41) is 6.55. The van der Waals surface area contributed by atoms with Crippen molar-refractivity contribution in [3.63, 3.8) is 0 Å². The van der Waals surface area contributed by atoms with Crippen molar-refractivity contribution in [2.45, 2.75) is 19.0 Å². The number of hydrogen-bond donors (Lipinski definition) is 2. The molecule has 0 bridgehead atoms. The average Bonchev–Trinajstić information content (AvgIpc) is 2.83. The number of benzene rings is 4. The van der Waals surface area contributed by atoms with Crippen LogP contribution in [0.5, 0.6) is 0 Å². The Bertz CT molecular complexity index is 1110. The molecular weight excluding hydrogens is 460 g/mol. The summed E-state index contributed by atoms with van der Waals surface area (Å²) in [6.45, 7) is 1.54. The molecule has 4 aromatic carbocycles. The third-order valence-electron chi connectivity index (χ3n) is 5.35. The van der Waals surface area contributed by atoms with Gasteiger partial charge in [-0.15, -0.1) is 0 Å². The van der Waals surface area contributed by atoms with Crippen LogP contribution in [-0.4, -0.2) is 5.91 Å². The highest BCUT2D eigenvalue weighted by molar-refractivity contribution is 9.10. The first-order chi connectivity index (χ1) is 15.7. The topological polar surface area (TPSA) is 41.1 Å². The predicted octanol–water partition coefficient (Wildman–Crippen LogP) is 6.51. The van der Waals surface area contributed by atoms with E-state index < -0.39 is 0 Å². The summed E-state index contributed by atoms with van der Waals surface area (Å²) in [7, 11) is 0. The van der Waals surface area contributed by atoms with Gasteiger partial charge in [0.05, 0.1) is 5.92 Å². The molecule has 2 N–H and O–H groups in total. The van der Waals surface area contributed by atoms with Gasteiger partial charge in [-0.3, -0.25) is 4.79 Å². The van der Waals surface area contributed by atoms with E-state index >= 15 is 0 Å². The number of amides is 1. The standard InChI is InChI=1S/C28H25BrN2O/c29-26-14-8-7-13-24(26)20-30-19-21-15-17-25(18-16-21)31-28(32)27(22-9-3-1-4-10-22)23-11-5-2-6-12-23/h1-18,27,30H,19-20H2,(H,31,32). The van der Waals surface area contributed by atoms with Gasteiger partial charge in [0.15, 0.2) is 0 Å². The lowest BCUT2D eigenvalue weighted by Gasteiger charge is -2.18. The zero-order valence-corrected chi connectivity index (χ0v) is 19.3. The maximum atomic E-state index is 13.2. The van der Waals surface area contributed by atoms with Gasteiger partial charge in [0.2, 0.25) is 5.91 Å². The minimum absolute atomic E-state index is 0.0396. The highest BCUT2D eigenvalue weighted by atomic mass is 79.9. The lowest BCUT2D eigenvalue weighted by Crippen LogP contribution is -2.22. The van der Waals surface area contributed by atoms with E-state index in [9.17, 15) is 4.79 Å². The van der Waals surface area contributed by atoms with E-state index in [1.54, 1.807) is 0 Å². The zero-order valence-electron chi connectivity index (χ0n) is 17.7. The molecule has 0 radical (unpaired) electrons. The molecule has 0 aliphatic heterocycles. The SMILES string of the molecule is O=C(Nc1ccc(CNCc2ccccc2Br)cc1)C(c1ccccc1)c1ccccc1. The van der Waals surface area contributed by atoms with E-state index in [4.69, 9.17) is 0 Å². The Balaban J connectivity index is 1.40. The van der Waals surface area contributed by atoms with Crippen molar-refractivity contribution in [3.05, 3.63) is 136 Å². The average molecular weight is 485 g/mol. The molecule has 1 amide bonds. The van der Waals surface area contributed by atoms with E-state index in [1.807, 2.05) is 103 Å². The lowest BCUT2D eigenvalue weighted by molar-refractivity contribution is -0.116. The van der Waals surface area contributed by atoms with E-state index in [0.29, 0.717) is 0 Å². The van der Waals surface area contributed by atoms with Gasteiger partial charge in [-0.1, -0.05) is 107 Å². The van der Waals surface area contributed by atoms with Gasteiger partial charge < -0.3 is 10.6 Å². The van der Waals surface area contributed by atoms with Gasteiger partial charge in [0, 0.05) is 23.2 Å². The summed E-state index contributed by atoms with van der Waals surface area (Å²) in [6.07, 6.45) is 0. The molecule has 0 aliphatic carbocycles. The number of rotatable bonds is 8. The fourth-order valence-corrected chi connectivity index (χ4v) is 4.11. The van der Waals surface area contributed by atoms with Crippen LogP contribution < -0.4 is 10.6 Å². The van der Waals surface area contributed by atoms with Crippen LogP contribution in [0, 0.1) is 0 Å². The minimum Gasteiger partial charge on any atom is -0.325 e. The summed E-state index contributed by atoms with van der Waals surface area (Å²) in [5.41, 5.74) is 5.14. The first kappa shape index (κ1) is 22.0. The van der Waals surface area contributed by atoms with Crippen molar-refractivity contribution in [2.75, 3.05) is 5.32 Å². The minimum atomic E-state index is -0.358. The van der Waals surface area contributed by atoms with Gasteiger partial charge in [-0.2, -0.15) is 0 Å². The van der Waals surface area contributed by atoms with Crippen molar-refractivity contribution < 1.29 is 4.79 Å². The summed E-state index contributed by atoms with van der Waals surface area (Å²) < 4.78 is 1.11. The number of halogens is 1. The molecule has 32 heavy (non-hydrogen) atoms. The normalized spacial score (nSPS) is 10.8. The highest BCUT2D eigenvalue weighted by Gasteiger charge is 2.22. The summed E-state index contributed by atoms with van der Waals surface area (Å²) >= 11 is 3.58. The van der Waals surface area contributed by atoms with Gasteiger partial charge in [-0.25, -0.2) is 0 Å². The molecular formula is C28H25BrN2O. The van der Waals surface area contributed by atoms with Crippen LogP contribution >= 0.6 is 15.9 Å². The predicted molar refractivity (Wildman–Crippen MR) is 134 cm³/mol. The fourth-order valence-electron chi connectivity index (χ4n) is 3.69. The third-order valence-corrected chi connectivity index (χ3v) is 6.13. The zero-order chi connectivity index (χ0) is 22.2. The van der Waals surface area contributed by atoms with Crippen molar-refractivity contribution in [2.24, 2.45) is 0 Å². The van der Waals surface area contributed by atoms with Crippen molar-refractivity contribution in [3.8, 4) is 0 Å². The first-order valence-corrected chi connectivity index (χ1v) is 11.4. The van der Waals surface area contributed by atoms with Crippen LogP contribution in [0.4, 0.5) is 5.69 Å². The molecule has 0 fully saturated rings. The fraction of sp³-hybridized carbons (Fsp3) is 0.107. The number of carbonyl (C=O) groups is 1. The van der Waals surface area contributed by atoms with Gasteiger partial charge in [0.25, 0.3) is 0 Å². The molecule has 4 rings (SSSR count). The van der Waals surface area contributed by atoms with Crippen LogP contribution in [0.3, 0.4) is 0 Å². The molecule has 0 spiro atoms. The maximum absolute atomic E-state index is 13.2. The molecule has 4 aromatic rings. The number of carbonyl (C=O) groups excluding carboxylic acids is 1. The van der Waals surface area contributed by atoms with E-state index in [1.165, 1.54) is 5.56 Å². The van der Waals surface area contributed by atoms with Crippen molar-refractivity contribution in [1.82, 2.24) is 5.32 Å². The van der Waals surface area contributed by atoms with E-state index in [0.717, 1.165) is 39.9 Å². The van der Waals surface area contributed by atoms with E-state index in [-0.39, 0.29) is 11.8 Å². The van der Waals surface area contributed by atoms with Gasteiger partial charge in [0.1, 0.15) is 0 Å². The Labute approximate surface area is 197 Å². The second kappa shape index (κ2) is 10.9. The second-order valence-electron chi connectivity index (χ2n) is 7.64. The number of nitrogens with one attached hydrogen (secondary N) is 2. The summed E-state index contributed by atoms with van der Waals surface area (Å²) in [6, 6.07) is 36.0. The quantitative estimate of drug-likeness (QED) is 0.299. The van der Waals surface area contributed by atoms with Gasteiger partial charge >= 0.3 is 0 Å².